The van der Waals surface area contributed by atoms with Crippen molar-refractivity contribution in [1.29, 1.82) is 0 Å². The summed E-state index contributed by atoms with van der Waals surface area (Å²) >= 11 is 6.98. The van der Waals surface area contributed by atoms with Crippen molar-refractivity contribution in [2.24, 2.45) is 0 Å². The Morgan fingerprint density at radius 1 is 1.19 bits per heavy atom. The molecule has 10 heteroatoms. The fourth-order valence-corrected chi connectivity index (χ4v) is 5.40. The molecule has 0 aliphatic carbocycles. The van der Waals surface area contributed by atoms with Gasteiger partial charge in [0.05, 0.1) is 20.6 Å². The lowest BCUT2D eigenvalue weighted by Crippen LogP contribution is -2.14. The van der Waals surface area contributed by atoms with Crippen LogP contribution in [0.25, 0.3) is 0 Å². The third-order valence-corrected chi connectivity index (χ3v) is 6.62. The van der Waals surface area contributed by atoms with Crippen LogP contribution >= 0.6 is 43.2 Å². The largest absolute Gasteiger partial charge is 0.391 e. The SMILES string of the molecule is O=S(=O)(Nc1cc(Br)c(F)cc1F)c1cc(CO)sc1Br. The molecule has 114 valence electrons. The summed E-state index contributed by atoms with van der Waals surface area (Å²) in [5.41, 5.74) is -0.382. The molecule has 2 N–H and O–H groups in total. The Kier molecular flexibility index (Phi) is 5.03. The Morgan fingerprint density at radius 2 is 1.86 bits per heavy atom. The topological polar surface area (TPSA) is 66.4 Å². The van der Waals surface area contributed by atoms with Crippen molar-refractivity contribution >= 4 is 58.9 Å². The van der Waals surface area contributed by atoms with Gasteiger partial charge in [-0.3, -0.25) is 4.72 Å². The van der Waals surface area contributed by atoms with Crippen LogP contribution < -0.4 is 4.72 Å². The Balaban J connectivity index is 2.42. The van der Waals surface area contributed by atoms with Crippen LogP contribution in [0.1, 0.15) is 4.88 Å². The van der Waals surface area contributed by atoms with Crippen LogP contribution in [0.2, 0.25) is 0 Å². The first kappa shape index (κ1) is 16.8. The van der Waals surface area contributed by atoms with Gasteiger partial charge in [0.15, 0.2) is 0 Å². The quantitative estimate of drug-likeness (QED) is 0.678. The van der Waals surface area contributed by atoms with Crippen molar-refractivity contribution in [3.8, 4) is 0 Å². The van der Waals surface area contributed by atoms with Gasteiger partial charge in [-0.15, -0.1) is 11.3 Å². The number of nitrogens with one attached hydrogen (secondary N) is 1. The molecule has 0 radical (unpaired) electrons. The number of anilines is 1. The summed E-state index contributed by atoms with van der Waals surface area (Å²) < 4.78 is 53.4. The van der Waals surface area contributed by atoms with Crippen LogP contribution in [0, 0.1) is 11.6 Å². The molecule has 4 nitrogen and oxygen atoms in total. The Morgan fingerprint density at radius 3 is 2.43 bits per heavy atom. The number of hydrogen-bond acceptors (Lipinski definition) is 4. The van der Waals surface area contributed by atoms with E-state index in [-0.39, 0.29) is 25.4 Å². The van der Waals surface area contributed by atoms with E-state index in [1.54, 1.807) is 0 Å². The van der Waals surface area contributed by atoms with Gasteiger partial charge >= 0.3 is 0 Å². The first-order valence-corrected chi connectivity index (χ1v) is 9.19. The normalized spacial score (nSPS) is 11.7. The van der Waals surface area contributed by atoms with Gasteiger partial charge in [-0.1, -0.05) is 0 Å². The van der Waals surface area contributed by atoms with E-state index in [1.807, 2.05) is 4.72 Å². The van der Waals surface area contributed by atoms with E-state index < -0.39 is 21.7 Å². The van der Waals surface area contributed by atoms with E-state index in [2.05, 4.69) is 31.9 Å². The Labute approximate surface area is 140 Å². The number of thiophene rings is 1. The summed E-state index contributed by atoms with van der Waals surface area (Å²) in [5, 5.41) is 9.01. The molecule has 1 heterocycles. The second-order valence-corrected chi connectivity index (χ2v) is 8.82. The molecule has 0 atom stereocenters. The van der Waals surface area contributed by atoms with Crippen LogP contribution in [0.4, 0.5) is 14.5 Å². The van der Waals surface area contributed by atoms with E-state index in [0.717, 1.165) is 17.4 Å². The van der Waals surface area contributed by atoms with Crippen molar-refractivity contribution in [2.75, 3.05) is 4.72 Å². The number of aliphatic hydroxyl groups excluding tert-OH is 1. The molecule has 0 fully saturated rings. The molecule has 0 aliphatic rings. The molecule has 0 unspecified atom stereocenters. The number of rotatable bonds is 4. The molecule has 0 spiro atoms. The molecule has 1 aromatic heterocycles. The van der Waals surface area contributed by atoms with Gasteiger partial charge in [-0.2, -0.15) is 0 Å². The van der Waals surface area contributed by atoms with Crippen LogP contribution in [0.15, 0.2) is 31.4 Å². The fourth-order valence-electron chi connectivity index (χ4n) is 1.46. The van der Waals surface area contributed by atoms with E-state index >= 15 is 0 Å². The third kappa shape index (κ3) is 3.62. The molecule has 0 saturated carbocycles. The highest BCUT2D eigenvalue weighted by atomic mass is 79.9. The summed E-state index contributed by atoms with van der Waals surface area (Å²) in [4.78, 5) is 0.305. The maximum atomic E-state index is 13.6. The predicted molar refractivity (Wildman–Crippen MR) is 82.8 cm³/mol. The molecule has 0 bridgehead atoms. The van der Waals surface area contributed by atoms with Crippen LogP contribution in [0.3, 0.4) is 0 Å². The highest BCUT2D eigenvalue weighted by Crippen LogP contribution is 2.33. The number of sulfonamides is 1. The minimum atomic E-state index is -4.07. The smallest absolute Gasteiger partial charge is 0.263 e. The van der Waals surface area contributed by atoms with E-state index in [0.29, 0.717) is 10.9 Å². The maximum absolute atomic E-state index is 13.6. The Hall–Kier alpha value is -0.550. The molecule has 1 aromatic carbocycles. The van der Waals surface area contributed by atoms with Crippen LogP contribution in [-0.2, 0) is 16.6 Å². The van der Waals surface area contributed by atoms with Crippen LogP contribution in [-0.4, -0.2) is 13.5 Å². The lowest BCUT2D eigenvalue weighted by molar-refractivity contribution is 0.285. The van der Waals surface area contributed by atoms with Gasteiger partial charge in [0.1, 0.15) is 16.5 Å². The first-order chi connectivity index (χ1) is 9.74. The maximum Gasteiger partial charge on any atom is 0.263 e. The summed E-state index contributed by atoms with van der Waals surface area (Å²) in [6, 6.07) is 2.84. The highest BCUT2D eigenvalue weighted by molar-refractivity contribution is 9.11. The zero-order valence-electron chi connectivity index (χ0n) is 10.0. The first-order valence-electron chi connectivity index (χ1n) is 5.31. The predicted octanol–water partition coefficient (Wildman–Crippen LogP) is 3.84. The minimum Gasteiger partial charge on any atom is -0.391 e. The number of benzene rings is 1. The lowest BCUT2D eigenvalue weighted by Gasteiger charge is -2.09. The van der Waals surface area contributed by atoms with E-state index in [1.165, 1.54) is 6.07 Å². The van der Waals surface area contributed by atoms with Gasteiger partial charge in [-0.05, 0) is 44.0 Å². The van der Waals surface area contributed by atoms with Gasteiger partial charge < -0.3 is 5.11 Å². The van der Waals surface area contributed by atoms with E-state index in [9.17, 15) is 17.2 Å². The summed E-state index contributed by atoms with van der Waals surface area (Å²) in [6.07, 6.45) is 0. The van der Waals surface area contributed by atoms with Crippen LogP contribution in [0.5, 0.6) is 0 Å². The van der Waals surface area contributed by atoms with Crippen molar-refractivity contribution in [1.82, 2.24) is 0 Å². The van der Waals surface area contributed by atoms with Crippen molar-refractivity contribution in [2.45, 2.75) is 11.5 Å². The molecule has 0 saturated heterocycles. The number of halogens is 4. The average molecular weight is 463 g/mol. The van der Waals surface area contributed by atoms with Crippen molar-refractivity contribution in [3.63, 3.8) is 0 Å². The molecule has 2 rings (SSSR count). The highest BCUT2D eigenvalue weighted by Gasteiger charge is 2.23. The average Bonchev–Trinajstić information content (AvgIpc) is 2.78. The second kappa shape index (κ2) is 6.29. The summed E-state index contributed by atoms with van der Waals surface area (Å²) in [7, 11) is -4.07. The number of aliphatic hydroxyl groups is 1. The number of hydrogen-bond donors (Lipinski definition) is 2. The van der Waals surface area contributed by atoms with Crippen molar-refractivity contribution in [3.05, 3.63) is 43.0 Å². The van der Waals surface area contributed by atoms with Gasteiger partial charge in [0, 0.05) is 10.9 Å². The molecule has 21 heavy (non-hydrogen) atoms. The third-order valence-electron chi connectivity index (χ3n) is 2.41. The fraction of sp³-hybridized carbons (Fsp3) is 0.0909. The lowest BCUT2D eigenvalue weighted by atomic mass is 10.3. The van der Waals surface area contributed by atoms with Crippen molar-refractivity contribution < 1.29 is 22.3 Å². The molecule has 0 aliphatic heterocycles. The monoisotopic (exact) mass is 461 g/mol. The summed E-state index contributed by atoms with van der Waals surface area (Å²) in [6.45, 7) is -0.310. The van der Waals surface area contributed by atoms with Gasteiger partial charge in [0.25, 0.3) is 10.0 Å². The zero-order chi connectivity index (χ0) is 15.8. The molecular formula is C11H7Br2F2NO3S2. The summed E-state index contributed by atoms with van der Waals surface area (Å²) in [5.74, 6) is -1.87. The standard InChI is InChI=1S/C11H7Br2F2NO3S2/c12-6-2-9(8(15)3-7(6)14)16-21(18,19)10-1-5(4-17)20-11(10)13/h1-3,16-17H,4H2. The molecule has 0 amide bonds. The Bertz CT molecular complexity index is 793. The van der Waals surface area contributed by atoms with E-state index in [4.69, 9.17) is 5.11 Å². The minimum absolute atomic E-state index is 0.0676. The second-order valence-electron chi connectivity index (χ2n) is 3.86. The molecular weight excluding hydrogens is 456 g/mol. The zero-order valence-corrected chi connectivity index (χ0v) is 14.8. The van der Waals surface area contributed by atoms with Gasteiger partial charge in [0.2, 0.25) is 0 Å². The molecule has 2 aromatic rings. The van der Waals surface area contributed by atoms with Gasteiger partial charge in [-0.25, -0.2) is 17.2 Å².